The molecule has 0 radical (unpaired) electrons. The van der Waals surface area contributed by atoms with Crippen molar-refractivity contribution in [2.45, 2.75) is 19.1 Å². The van der Waals surface area contributed by atoms with Crippen LogP contribution in [0.2, 0.25) is 0 Å². The number of fused-ring (bicyclic) bond motifs is 3. The number of alkyl halides is 3. The van der Waals surface area contributed by atoms with Gasteiger partial charge in [0.05, 0.1) is 101 Å². The van der Waals surface area contributed by atoms with Crippen LogP contribution in [0.1, 0.15) is 17.5 Å². The van der Waals surface area contributed by atoms with Gasteiger partial charge in [-0.3, -0.25) is 18.9 Å². The first kappa shape index (κ1) is 46.8. The van der Waals surface area contributed by atoms with E-state index in [1.807, 2.05) is 29.2 Å². The van der Waals surface area contributed by atoms with Gasteiger partial charge in [0.1, 0.15) is 0 Å². The molecule has 0 unspecified atom stereocenters. The molecule has 346 valence electrons. The number of rotatable bonds is 22. The summed E-state index contributed by atoms with van der Waals surface area (Å²) in [4.78, 5) is 47.6. The van der Waals surface area contributed by atoms with Gasteiger partial charge in [-0.1, -0.05) is 6.07 Å². The fraction of sp³-hybridized carbons (Fsp3) is 0.422. The van der Waals surface area contributed by atoms with Gasteiger partial charge in [0.25, 0.3) is 0 Å². The van der Waals surface area contributed by atoms with E-state index in [9.17, 15) is 22.8 Å². The van der Waals surface area contributed by atoms with Crippen molar-refractivity contribution in [1.82, 2.24) is 34.4 Å². The monoisotopic (exact) mass is 903 g/mol. The highest BCUT2D eigenvalue weighted by Crippen LogP contribution is 2.39. The van der Waals surface area contributed by atoms with Crippen molar-refractivity contribution in [2.75, 3.05) is 110 Å². The standard InChI is InChI=1S/C45H52F3N9O8/c1-54-39-30-49-37-7-4-32(33-5-9-41(61-3)51-29-33)24-35(37)42(39)57(44(54)59)34-6-8-38(36(25-34)45(46,47)48)55-11-13-56(14-12-55)43-52-27-31(28-53-43)26-50-40(58)10-15-62-18-19-64-22-23-65-21-20-63-17-16-60-2/h4-9,24-25,27-30H,10-23,26H2,1-3H3,(H,50,58). The Labute approximate surface area is 373 Å². The highest BCUT2D eigenvalue weighted by molar-refractivity contribution is 6.04. The number of imidazole rings is 1. The molecule has 1 saturated heterocycles. The number of carbonyl (C=O) groups excluding carboxylic acids is 1. The first-order chi connectivity index (χ1) is 31.5. The number of piperazine rings is 1. The molecule has 17 nitrogen and oxygen atoms in total. The van der Waals surface area contributed by atoms with Gasteiger partial charge in [-0.15, -0.1) is 0 Å². The van der Waals surface area contributed by atoms with Gasteiger partial charge in [0, 0.05) is 100 Å². The fourth-order valence-electron chi connectivity index (χ4n) is 7.36. The SMILES string of the molecule is COCCOCCOCCOCCOCCC(=O)NCc1cnc(N2CCN(c3ccc(-n4c(=O)n(C)c5cnc6ccc(-c7ccc(OC)nc7)cc6c54)cc3C(F)(F)F)CC2)nc1. The number of hydrogen-bond donors (Lipinski definition) is 1. The zero-order valence-electron chi connectivity index (χ0n) is 36.5. The number of amides is 1. The second-order valence-electron chi connectivity index (χ2n) is 15.0. The van der Waals surface area contributed by atoms with Crippen LogP contribution in [-0.2, 0) is 48.2 Å². The number of ether oxygens (including phenoxy) is 6. The number of carbonyl (C=O) groups is 1. The Morgan fingerprint density at radius 3 is 2.00 bits per heavy atom. The van der Waals surface area contributed by atoms with Crippen LogP contribution in [0.15, 0.2) is 78.1 Å². The molecule has 1 amide bonds. The minimum absolute atomic E-state index is 0.0122. The minimum Gasteiger partial charge on any atom is -0.481 e. The Kier molecular flexibility index (Phi) is 15.9. The number of nitrogens with zero attached hydrogens (tertiary/aromatic N) is 8. The van der Waals surface area contributed by atoms with Crippen LogP contribution in [0, 0.1) is 0 Å². The summed E-state index contributed by atoms with van der Waals surface area (Å²) in [5.41, 5.74) is 2.47. The molecule has 1 aliphatic rings. The molecule has 1 fully saturated rings. The van der Waals surface area contributed by atoms with Crippen molar-refractivity contribution in [3.63, 3.8) is 0 Å². The molecule has 0 bridgehead atoms. The molecule has 1 N–H and O–H groups in total. The molecule has 2 aromatic carbocycles. The Hall–Kier alpha value is -6.19. The molecule has 0 saturated carbocycles. The van der Waals surface area contributed by atoms with Crippen LogP contribution in [0.3, 0.4) is 0 Å². The number of halogens is 3. The van der Waals surface area contributed by atoms with Crippen LogP contribution in [0.4, 0.5) is 24.8 Å². The third kappa shape index (κ3) is 11.7. The summed E-state index contributed by atoms with van der Waals surface area (Å²) >= 11 is 0. The molecule has 6 aromatic rings. The molecule has 5 heterocycles. The van der Waals surface area contributed by atoms with Gasteiger partial charge in [0.2, 0.25) is 17.7 Å². The third-order valence-electron chi connectivity index (χ3n) is 10.8. The van der Waals surface area contributed by atoms with E-state index in [0.717, 1.165) is 17.2 Å². The summed E-state index contributed by atoms with van der Waals surface area (Å²) in [6, 6.07) is 13.2. The quantitative estimate of drug-likeness (QED) is 0.0923. The molecule has 7 rings (SSSR count). The van der Waals surface area contributed by atoms with Gasteiger partial charge < -0.3 is 43.5 Å². The number of aryl methyl sites for hydroxylation is 1. The first-order valence-corrected chi connectivity index (χ1v) is 21.2. The highest BCUT2D eigenvalue weighted by atomic mass is 19.4. The van der Waals surface area contributed by atoms with E-state index in [1.165, 1.54) is 22.3 Å². The molecule has 4 aromatic heterocycles. The number of hydrogen-bond acceptors (Lipinski definition) is 14. The van der Waals surface area contributed by atoms with Crippen molar-refractivity contribution in [3.05, 3.63) is 94.9 Å². The van der Waals surface area contributed by atoms with Gasteiger partial charge in [-0.25, -0.2) is 19.7 Å². The zero-order chi connectivity index (χ0) is 45.8. The van der Waals surface area contributed by atoms with E-state index in [1.54, 1.807) is 56.0 Å². The maximum absolute atomic E-state index is 14.9. The predicted octanol–water partition coefficient (Wildman–Crippen LogP) is 4.80. The van der Waals surface area contributed by atoms with E-state index in [-0.39, 0.29) is 49.9 Å². The lowest BCUT2D eigenvalue weighted by Gasteiger charge is -2.37. The summed E-state index contributed by atoms with van der Waals surface area (Å²) in [5.74, 6) is 0.698. The van der Waals surface area contributed by atoms with E-state index in [0.29, 0.717) is 105 Å². The molecule has 1 aliphatic heterocycles. The van der Waals surface area contributed by atoms with Crippen LogP contribution in [0.5, 0.6) is 5.88 Å². The lowest BCUT2D eigenvalue weighted by Crippen LogP contribution is -2.47. The van der Waals surface area contributed by atoms with Crippen molar-refractivity contribution in [2.24, 2.45) is 7.05 Å². The van der Waals surface area contributed by atoms with Crippen molar-refractivity contribution < 1.29 is 46.4 Å². The number of pyridine rings is 2. The third-order valence-corrected chi connectivity index (χ3v) is 10.8. The molecule has 20 heteroatoms. The van der Waals surface area contributed by atoms with Crippen molar-refractivity contribution in [1.29, 1.82) is 0 Å². The normalized spacial score (nSPS) is 13.3. The number of methoxy groups -OCH3 is 2. The zero-order valence-corrected chi connectivity index (χ0v) is 36.5. The highest BCUT2D eigenvalue weighted by Gasteiger charge is 2.36. The number of anilines is 2. The van der Waals surface area contributed by atoms with Gasteiger partial charge in [-0.05, 0) is 42.0 Å². The summed E-state index contributed by atoms with van der Waals surface area (Å²) in [6.07, 6.45) is 1.91. The topological polar surface area (TPSA) is 169 Å². The predicted molar refractivity (Wildman–Crippen MR) is 237 cm³/mol. The van der Waals surface area contributed by atoms with E-state index in [4.69, 9.17) is 28.4 Å². The van der Waals surface area contributed by atoms with Gasteiger partial charge >= 0.3 is 11.9 Å². The number of benzene rings is 2. The average Bonchev–Trinajstić information content (AvgIpc) is 3.59. The smallest absolute Gasteiger partial charge is 0.418 e. The molecular formula is C45H52F3N9O8. The van der Waals surface area contributed by atoms with E-state index in [2.05, 4.69) is 25.3 Å². The average molecular weight is 904 g/mol. The minimum atomic E-state index is -4.72. The van der Waals surface area contributed by atoms with Gasteiger partial charge in [0.15, 0.2) is 0 Å². The molecule has 0 atom stereocenters. The lowest BCUT2D eigenvalue weighted by molar-refractivity contribution is -0.137. The summed E-state index contributed by atoms with van der Waals surface area (Å²) in [5, 5.41) is 3.42. The number of nitrogens with one attached hydrogen (secondary N) is 1. The molecule has 0 spiro atoms. The maximum Gasteiger partial charge on any atom is 0.418 e. The van der Waals surface area contributed by atoms with Crippen LogP contribution < -0.4 is 25.5 Å². The largest absolute Gasteiger partial charge is 0.481 e. The van der Waals surface area contributed by atoms with E-state index >= 15 is 0 Å². The summed E-state index contributed by atoms with van der Waals surface area (Å²) in [6.45, 7) is 5.41. The maximum atomic E-state index is 14.9. The Balaban J connectivity index is 0.923. The van der Waals surface area contributed by atoms with Gasteiger partial charge in [-0.2, -0.15) is 13.2 Å². The van der Waals surface area contributed by atoms with Crippen molar-refractivity contribution >= 4 is 39.5 Å². The lowest BCUT2D eigenvalue weighted by atomic mass is 10.0. The second-order valence-corrected chi connectivity index (χ2v) is 15.0. The first-order valence-electron chi connectivity index (χ1n) is 21.2. The molecule has 65 heavy (non-hydrogen) atoms. The Morgan fingerprint density at radius 1 is 0.723 bits per heavy atom. The van der Waals surface area contributed by atoms with Crippen LogP contribution >= 0.6 is 0 Å². The Morgan fingerprint density at radius 2 is 1.37 bits per heavy atom. The fourth-order valence-corrected chi connectivity index (χ4v) is 7.36. The van der Waals surface area contributed by atoms with E-state index < -0.39 is 17.4 Å². The van der Waals surface area contributed by atoms with Crippen LogP contribution in [-0.4, -0.2) is 135 Å². The Bertz CT molecular complexity index is 2560. The van der Waals surface area contributed by atoms with Crippen LogP contribution in [0.25, 0.3) is 38.8 Å². The second kappa shape index (κ2) is 22.1. The molecular weight excluding hydrogens is 852 g/mol. The number of aromatic nitrogens is 6. The summed E-state index contributed by atoms with van der Waals surface area (Å²) in [7, 11) is 4.72. The molecule has 0 aliphatic carbocycles. The summed E-state index contributed by atoms with van der Waals surface area (Å²) < 4.78 is 79.2. The van der Waals surface area contributed by atoms with Crippen molar-refractivity contribution in [3.8, 4) is 22.7 Å².